The molecule has 0 unspecified atom stereocenters. The second-order valence-electron chi connectivity index (χ2n) is 4.92. The predicted octanol–water partition coefficient (Wildman–Crippen LogP) is 6.61. The van der Waals surface area contributed by atoms with E-state index in [1.165, 1.54) is 0 Å². The highest BCUT2D eigenvalue weighted by molar-refractivity contribution is 6.42. The molecule has 0 aliphatic heterocycles. The molecule has 0 saturated heterocycles. The average Bonchev–Trinajstić information content (AvgIpc) is 2.53. The van der Waals surface area contributed by atoms with Crippen LogP contribution in [0, 0.1) is 0 Å². The van der Waals surface area contributed by atoms with Gasteiger partial charge in [-0.2, -0.15) is 0 Å². The van der Waals surface area contributed by atoms with E-state index in [-0.39, 0.29) is 0 Å². The Bertz CT molecular complexity index is 894. The molecule has 2 nitrogen and oxygen atoms in total. The number of rotatable bonds is 2. The van der Waals surface area contributed by atoms with Crippen molar-refractivity contribution in [3.63, 3.8) is 0 Å². The molecule has 0 saturated carbocycles. The topological polar surface area (TPSA) is 38.9 Å². The molecular formula is C17H10Cl4N2. The number of hydrogen-bond acceptors (Lipinski definition) is 2. The van der Waals surface area contributed by atoms with Gasteiger partial charge in [0, 0.05) is 17.3 Å². The molecule has 6 heteroatoms. The minimum atomic E-state index is 0.457. The first-order valence-corrected chi connectivity index (χ1v) is 8.13. The Morgan fingerprint density at radius 1 is 0.652 bits per heavy atom. The smallest absolute Gasteiger partial charge is 0.0932 e. The maximum absolute atomic E-state index is 6.15. The molecule has 1 heterocycles. The van der Waals surface area contributed by atoms with Crippen LogP contribution >= 0.6 is 46.4 Å². The van der Waals surface area contributed by atoms with E-state index in [1.54, 1.807) is 30.5 Å². The molecule has 1 aromatic heterocycles. The minimum Gasteiger partial charge on any atom is -0.397 e. The standard InChI is InChI=1S/C17H10Cl4N2/c18-12-3-1-9(5-14(12)20)11-7-16(22)17(23-8-11)10-2-4-13(19)15(21)6-10/h1-8H,22H2. The zero-order valence-corrected chi connectivity index (χ0v) is 14.7. The van der Waals surface area contributed by atoms with Crippen LogP contribution in [0.3, 0.4) is 0 Å². The molecule has 116 valence electrons. The van der Waals surface area contributed by atoms with Gasteiger partial charge in [-0.05, 0) is 35.9 Å². The summed E-state index contributed by atoms with van der Waals surface area (Å²) in [5.74, 6) is 0. The SMILES string of the molecule is Nc1cc(-c2ccc(Cl)c(Cl)c2)cnc1-c1ccc(Cl)c(Cl)c1. The van der Waals surface area contributed by atoms with Gasteiger partial charge in [-0.25, -0.2) is 0 Å². The van der Waals surface area contributed by atoms with Gasteiger partial charge < -0.3 is 5.73 Å². The molecule has 0 aliphatic rings. The second-order valence-corrected chi connectivity index (χ2v) is 6.55. The fraction of sp³-hybridized carbons (Fsp3) is 0. The Morgan fingerprint density at radius 3 is 1.78 bits per heavy atom. The van der Waals surface area contributed by atoms with Gasteiger partial charge in [-0.3, -0.25) is 4.98 Å². The first-order valence-electron chi connectivity index (χ1n) is 6.62. The van der Waals surface area contributed by atoms with E-state index in [0.29, 0.717) is 31.5 Å². The summed E-state index contributed by atoms with van der Waals surface area (Å²) in [6, 6.07) is 12.5. The minimum absolute atomic E-state index is 0.457. The number of nitrogens with zero attached hydrogens (tertiary/aromatic N) is 1. The van der Waals surface area contributed by atoms with Gasteiger partial charge in [0.15, 0.2) is 0 Å². The van der Waals surface area contributed by atoms with E-state index < -0.39 is 0 Å². The lowest BCUT2D eigenvalue weighted by atomic mass is 10.0. The summed E-state index contributed by atoms with van der Waals surface area (Å²) >= 11 is 24.0. The van der Waals surface area contributed by atoms with E-state index in [9.17, 15) is 0 Å². The number of nitrogen functional groups attached to an aromatic ring is 1. The van der Waals surface area contributed by atoms with Crippen LogP contribution < -0.4 is 5.73 Å². The lowest BCUT2D eigenvalue weighted by molar-refractivity contribution is 1.33. The van der Waals surface area contributed by atoms with Gasteiger partial charge >= 0.3 is 0 Å². The maximum atomic E-state index is 6.15. The van der Waals surface area contributed by atoms with Crippen molar-refractivity contribution in [2.75, 3.05) is 5.73 Å². The van der Waals surface area contributed by atoms with Crippen LogP contribution in [0.4, 0.5) is 5.69 Å². The van der Waals surface area contributed by atoms with Crippen molar-refractivity contribution in [3.8, 4) is 22.4 Å². The molecule has 0 fully saturated rings. The van der Waals surface area contributed by atoms with Gasteiger partial charge in [0.05, 0.1) is 31.5 Å². The summed E-state index contributed by atoms with van der Waals surface area (Å²) in [6.07, 6.45) is 1.73. The molecule has 2 N–H and O–H groups in total. The highest BCUT2D eigenvalue weighted by Crippen LogP contribution is 2.33. The highest BCUT2D eigenvalue weighted by atomic mass is 35.5. The number of aromatic nitrogens is 1. The zero-order chi connectivity index (χ0) is 16.6. The molecule has 0 aliphatic carbocycles. The molecule has 0 amide bonds. The van der Waals surface area contributed by atoms with Crippen LogP contribution in [0.2, 0.25) is 20.1 Å². The van der Waals surface area contributed by atoms with Gasteiger partial charge in [0.1, 0.15) is 0 Å². The maximum Gasteiger partial charge on any atom is 0.0932 e. The van der Waals surface area contributed by atoms with Gasteiger partial charge in [0.25, 0.3) is 0 Å². The zero-order valence-electron chi connectivity index (χ0n) is 11.7. The summed E-state index contributed by atoms with van der Waals surface area (Å²) in [7, 11) is 0. The van der Waals surface area contributed by atoms with Crippen LogP contribution in [-0.2, 0) is 0 Å². The Morgan fingerprint density at radius 2 is 1.22 bits per heavy atom. The fourth-order valence-corrected chi connectivity index (χ4v) is 2.80. The number of nitrogens with two attached hydrogens (primary N) is 1. The third kappa shape index (κ3) is 3.41. The first-order chi connectivity index (χ1) is 11.0. The van der Waals surface area contributed by atoms with E-state index in [4.69, 9.17) is 52.1 Å². The monoisotopic (exact) mass is 382 g/mol. The van der Waals surface area contributed by atoms with E-state index in [0.717, 1.165) is 16.7 Å². The normalized spacial score (nSPS) is 10.8. The first kappa shape index (κ1) is 16.4. The molecule has 0 spiro atoms. The second kappa shape index (κ2) is 6.58. The van der Waals surface area contributed by atoms with Gasteiger partial charge in [-0.15, -0.1) is 0 Å². The molecule has 3 aromatic rings. The number of hydrogen-bond donors (Lipinski definition) is 1. The van der Waals surface area contributed by atoms with Crippen molar-refractivity contribution >= 4 is 52.1 Å². The van der Waals surface area contributed by atoms with E-state index >= 15 is 0 Å². The van der Waals surface area contributed by atoms with Crippen LogP contribution in [0.5, 0.6) is 0 Å². The average molecular weight is 384 g/mol. The fourth-order valence-electron chi connectivity index (χ4n) is 2.20. The lowest BCUT2D eigenvalue weighted by Crippen LogP contribution is -1.95. The summed E-state index contributed by atoms with van der Waals surface area (Å²) < 4.78 is 0. The summed E-state index contributed by atoms with van der Waals surface area (Å²) in [5, 5.41) is 1.93. The van der Waals surface area contributed by atoms with E-state index in [2.05, 4.69) is 4.98 Å². The number of halogens is 4. The Kier molecular flexibility index (Phi) is 4.69. The molecule has 0 bridgehead atoms. The van der Waals surface area contributed by atoms with Gasteiger partial charge in [-0.1, -0.05) is 58.5 Å². The third-order valence-corrected chi connectivity index (χ3v) is 4.84. The number of benzene rings is 2. The Balaban J connectivity index is 2.03. The Labute approximate surface area is 153 Å². The van der Waals surface area contributed by atoms with Crippen LogP contribution in [-0.4, -0.2) is 4.98 Å². The van der Waals surface area contributed by atoms with E-state index in [1.807, 2.05) is 18.2 Å². The summed E-state index contributed by atoms with van der Waals surface area (Å²) in [5.41, 5.74) is 9.87. The molecule has 0 radical (unpaired) electrons. The van der Waals surface area contributed by atoms with Crippen molar-refractivity contribution < 1.29 is 0 Å². The van der Waals surface area contributed by atoms with Crippen LogP contribution in [0.1, 0.15) is 0 Å². The van der Waals surface area contributed by atoms with Crippen molar-refractivity contribution in [1.82, 2.24) is 4.98 Å². The largest absolute Gasteiger partial charge is 0.397 e. The molecular weight excluding hydrogens is 374 g/mol. The summed E-state index contributed by atoms with van der Waals surface area (Å²) in [6.45, 7) is 0. The number of pyridine rings is 1. The number of anilines is 1. The molecule has 2 aromatic carbocycles. The van der Waals surface area contributed by atoms with Crippen molar-refractivity contribution in [2.45, 2.75) is 0 Å². The summed E-state index contributed by atoms with van der Waals surface area (Å²) in [4.78, 5) is 4.44. The molecule has 3 rings (SSSR count). The van der Waals surface area contributed by atoms with Crippen molar-refractivity contribution in [2.24, 2.45) is 0 Å². The van der Waals surface area contributed by atoms with Crippen LogP contribution in [0.15, 0.2) is 48.7 Å². The van der Waals surface area contributed by atoms with Crippen molar-refractivity contribution in [3.05, 3.63) is 68.8 Å². The lowest BCUT2D eigenvalue weighted by Gasteiger charge is -2.09. The quantitative estimate of drug-likeness (QED) is 0.540. The predicted molar refractivity (Wildman–Crippen MR) is 99.6 cm³/mol. The Hall–Kier alpha value is -1.45. The van der Waals surface area contributed by atoms with Crippen LogP contribution in [0.25, 0.3) is 22.4 Å². The van der Waals surface area contributed by atoms with Crippen molar-refractivity contribution in [1.29, 1.82) is 0 Å². The highest BCUT2D eigenvalue weighted by Gasteiger charge is 2.10. The van der Waals surface area contributed by atoms with Gasteiger partial charge in [0.2, 0.25) is 0 Å². The third-order valence-electron chi connectivity index (χ3n) is 3.36. The molecule has 23 heavy (non-hydrogen) atoms. The molecule has 0 atom stereocenters.